The van der Waals surface area contributed by atoms with Crippen molar-refractivity contribution in [3.05, 3.63) is 63.2 Å². The van der Waals surface area contributed by atoms with Gasteiger partial charge in [-0.2, -0.15) is 0 Å². The quantitative estimate of drug-likeness (QED) is 0.615. The topological polar surface area (TPSA) is 44.5 Å². The number of ether oxygens (including phenoxy) is 2. The lowest BCUT2D eigenvalue weighted by molar-refractivity contribution is 0.145. The maximum absolute atomic E-state index is 6.41. The Hall–Kier alpha value is -1.11. The highest BCUT2D eigenvalue weighted by Crippen LogP contribution is 2.30. The first-order valence-corrected chi connectivity index (χ1v) is 7.52. The van der Waals surface area contributed by atoms with Gasteiger partial charge in [0.15, 0.2) is 0 Å². The molecule has 0 bridgehead atoms. The van der Waals surface area contributed by atoms with Crippen LogP contribution in [0.3, 0.4) is 0 Å². The number of hydrogen-bond donors (Lipinski definition) is 1. The second kappa shape index (κ2) is 7.61. The number of benzene rings is 2. The molecule has 0 amide bonds. The zero-order valence-corrected chi connectivity index (χ0v) is 13.5. The Morgan fingerprint density at radius 3 is 2.35 bits per heavy atom. The number of nitrogens with two attached hydrogens (primary N) is 1. The smallest absolute Gasteiger partial charge is 0.124 e. The van der Waals surface area contributed by atoms with Crippen LogP contribution in [0.5, 0.6) is 5.75 Å². The van der Waals surface area contributed by atoms with Crippen molar-refractivity contribution >= 4 is 22.6 Å². The van der Waals surface area contributed by atoms with Crippen LogP contribution in [0, 0.1) is 3.57 Å². The van der Waals surface area contributed by atoms with Gasteiger partial charge in [-0.05, 0) is 40.3 Å². The van der Waals surface area contributed by atoms with Gasteiger partial charge >= 0.3 is 0 Å². The summed E-state index contributed by atoms with van der Waals surface area (Å²) in [4.78, 5) is 0. The molecule has 2 aromatic carbocycles. The normalized spacial score (nSPS) is 12.2. The van der Waals surface area contributed by atoms with Gasteiger partial charge in [0.2, 0.25) is 0 Å². The minimum atomic E-state index is -0.193. The van der Waals surface area contributed by atoms with E-state index in [0.29, 0.717) is 13.2 Å². The molecule has 0 aliphatic rings. The molecule has 0 aliphatic carbocycles. The van der Waals surface area contributed by atoms with Crippen LogP contribution in [-0.2, 0) is 4.74 Å². The third kappa shape index (κ3) is 3.71. The zero-order chi connectivity index (χ0) is 14.4. The summed E-state index contributed by atoms with van der Waals surface area (Å²) in [6, 6.07) is 15.8. The third-order valence-electron chi connectivity index (χ3n) is 3.04. The Kier molecular flexibility index (Phi) is 5.82. The highest BCUT2D eigenvalue weighted by molar-refractivity contribution is 14.1. The molecular weight excluding hydrogens is 365 g/mol. The molecule has 2 rings (SSSR count). The second-order valence-corrected chi connectivity index (χ2v) is 5.54. The van der Waals surface area contributed by atoms with E-state index in [9.17, 15) is 0 Å². The van der Waals surface area contributed by atoms with Gasteiger partial charge in [0, 0.05) is 16.2 Å². The van der Waals surface area contributed by atoms with E-state index in [1.807, 2.05) is 36.4 Å². The molecule has 1 unspecified atom stereocenters. The maximum Gasteiger partial charge on any atom is 0.124 e. The standard InChI is InChI=1S/C16H18INO2/c1-19-10-11-20-15-9-5-3-7-13(15)16(18)12-6-2-4-8-14(12)17/h2-9,16H,10-11,18H2,1H3. The Morgan fingerprint density at radius 1 is 1.00 bits per heavy atom. The van der Waals surface area contributed by atoms with Gasteiger partial charge in [-0.1, -0.05) is 36.4 Å². The molecule has 0 saturated carbocycles. The molecule has 106 valence electrons. The largest absolute Gasteiger partial charge is 0.491 e. The summed E-state index contributed by atoms with van der Waals surface area (Å²) >= 11 is 2.31. The van der Waals surface area contributed by atoms with Crippen molar-refractivity contribution in [3.8, 4) is 5.75 Å². The van der Waals surface area contributed by atoms with Gasteiger partial charge in [0.1, 0.15) is 12.4 Å². The minimum absolute atomic E-state index is 0.193. The van der Waals surface area contributed by atoms with E-state index in [0.717, 1.165) is 20.4 Å². The fraction of sp³-hybridized carbons (Fsp3) is 0.250. The van der Waals surface area contributed by atoms with Crippen LogP contribution in [-0.4, -0.2) is 20.3 Å². The van der Waals surface area contributed by atoms with Crippen molar-refractivity contribution in [1.29, 1.82) is 0 Å². The first kappa shape index (κ1) is 15.3. The predicted molar refractivity (Wildman–Crippen MR) is 89.0 cm³/mol. The van der Waals surface area contributed by atoms with Crippen molar-refractivity contribution in [1.82, 2.24) is 0 Å². The second-order valence-electron chi connectivity index (χ2n) is 4.38. The van der Waals surface area contributed by atoms with E-state index >= 15 is 0 Å². The summed E-state index contributed by atoms with van der Waals surface area (Å²) in [5, 5.41) is 0. The Labute approximate surface area is 133 Å². The summed E-state index contributed by atoms with van der Waals surface area (Å²) in [7, 11) is 1.66. The van der Waals surface area contributed by atoms with Crippen LogP contribution in [0.15, 0.2) is 48.5 Å². The van der Waals surface area contributed by atoms with E-state index in [1.165, 1.54) is 0 Å². The number of hydrogen-bond acceptors (Lipinski definition) is 3. The van der Waals surface area contributed by atoms with Crippen LogP contribution in [0.1, 0.15) is 17.2 Å². The van der Waals surface area contributed by atoms with Gasteiger partial charge in [0.25, 0.3) is 0 Å². The third-order valence-corrected chi connectivity index (χ3v) is 4.02. The zero-order valence-electron chi connectivity index (χ0n) is 11.4. The average Bonchev–Trinajstić information content (AvgIpc) is 2.48. The minimum Gasteiger partial charge on any atom is -0.491 e. The lowest BCUT2D eigenvalue weighted by Crippen LogP contribution is -2.15. The molecule has 2 N–H and O–H groups in total. The van der Waals surface area contributed by atoms with Crippen molar-refractivity contribution < 1.29 is 9.47 Å². The molecule has 1 atom stereocenters. The predicted octanol–water partition coefficient (Wildman–Crippen LogP) is 3.36. The molecule has 0 aromatic heterocycles. The van der Waals surface area contributed by atoms with E-state index < -0.39 is 0 Å². The van der Waals surface area contributed by atoms with Crippen LogP contribution in [0.25, 0.3) is 0 Å². The number of halogens is 1. The van der Waals surface area contributed by atoms with Crippen molar-refractivity contribution in [2.75, 3.05) is 20.3 Å². The molecule has 2 aromatic rings. The highest BCUT2D eigenvalue weighted by atomic mass is 127. The summed E-state index contributed by atoms with van der Waals surface area (Å²) in [5.74, 6) is 0.816. The number of rotatable bonds is 6. The molecule has 0 radical (unpaired) electrons. The lowest BCUT2D eigenvalue weighted by atomic mass is 9.99. The molecule has 0 spiro atoms. The maximum atomic E-state index is 6.41. The van der Waals surface area contributed by atoms with Gasteiger partial charge < -0.3 is 15.2 Å². The molecule has 0 fully saturated rings. The fourth-order valence-corrected chi connectivity index (χ4v) is 2.72. The van der Waals surface area contributed by atoms with Crippen molar-refractivity contribution in [3.63, 3.8) is 0 Å². The summed E-state index contributed by atoms with van der Waals surface area (Å²) < 4.78 is 11.9. The first-order valence-electron chi connectivity index (χ1n) is 6.44. The average molecular weight is 383 g/mol. The summed E-state index contributed by atoms with van der Waals surface area (Å²) in [5.41, 5.74) is 8.51. The number of para-hydroxylation sites is 1. The summed E-state index contributed by atoms with van der Waals surface area (Å²) in [6.07, 6.45) is 0. The molecule has 0 aliphatic heterocycles. The Morgan fingerprint density at radius 2 is 1.65 bits per heavy atom. The molecule has 20 heavy (non-hydrogen) atoms. The first-order chi connectivity index (χ1) is 9.74. The van der Waals surface area contributed by atoms with Gasteiger partial charge in [0.05, 0.1) is 12.6 Å². The van der Waals surface area contributed by atoms with Gasteiger partial charge in [-0.15, -0.1) is 0 Å². The molecule has 0 saturated heterocycles. The molecule has 0 heterocycles. The SMILES string of the molecule is COCCOc1ccccc1C(N)c1ccccc1I. The lowest BCUT2D eigenvalue weighted by Gasteiger charge is -2.18. The van der Waals surface area contributed by atoms with Crippen molar-refractivity contribution in [2.24, 2.45) is 5.73 Å². The van der Waals surface area contributed by atoms with Crippen LogP contribution in [0.4, 0.5) is 0 Å². The highest BCUT2D eigenvalue weighted by Gasteiger charge is 2.15. The van der Waals surface area contributed by atoms with E-state index in [1.54, 1.807) is 7.11 Å². The van der Waals surface area contributed by atoms with Crippen molar-refractivity contribution in [2.45, 2.75) is 6.04 Å². The van der Waals surface area contributed by atoms with Gasteiger partial charge in [-0.25, -0.2) is 0 Å². The Balaban J connectivity index is 2.25. The van der Waals surface area contributed by atoms with Crippen LogP contribution < -0.4 is 10.5 Å². The van der Waals surface area contributed by atoms with E-state index in [2.05, 4.69) is 34.7 Å². The number of methoxy groups -OCH3 is 1. The van der Waals surface area contributed by atoms with E-state index in [-0.39, 0.29) is 6.04 Å². The van der Waals surface area contributed by atoms with Crippen LogP contribution >= 0.6 is 22.6 Å². The fourth-order valence-electron chi connectivity index (χ4n) is 2.00. The summed E-state index contributed by atoms with van der Waals surface area (Å²) in [6.45, 7) is 1.08. The monoisotopic (exact) mass is 383 g/mol. The molecular formula is C16H18INO2. The van der Waals surface area contributed by atoms with E-state index in [4.69, 9.17) is 15.2 Å². The Bertz CT molecular complexity index is 560. The molecule has 4 heteroatoms. The van der Waals surface area contributed by atoms with Gasteiger partial charge in [-0.3, -0.25) is 0 Å². The molecule has 3 nitrogen and oxygen atoms in total. The van der Waals surface area contributed by atoms with Crippen LogP contribution in [0.2, 0.25) is 0 Å².